The molecule has 0 fully saturated rings. The number of amides is 1. The summed E-state index contributed by atoms with van der Waals surface area (Å²) in [5.41, 5.74) is 1.34. The molecule has 0 saturated carbocycles. The van der Waals surface area contributed by atoms with Gasteiger partial charge in [0.05, 0.1) is 5.92 Å². The van der Waals surface area contributed by atoms with Crippen LogP contribution in [0.15, 0.2) is 0 Å². The van der Waals surface area contributed by atoms with E-state index in [4.69, 9.17) is 4.74 Å². The van der Waals surface area contributed by atoms with Gasteiger partial charge in [0.15, 0.2) is 0 Å². The minimum atomic E-state index is -0.765. The van der Waals surface area contributed by atoms with Gasteiger partial charge in [-0.25, -0.2) is 9.59 Å². The Morgan fingerprint density at radius 3 is 2.27 bits per heavy atom. The first-order valence-electron chi connectivity index (χ1n) is 4.96. The fourth-order valence-corrected chi connectivity index (χ4v) is 0.658. The lowest BCUT2D eigenvalue weighted by Gasteiger charge is -2.19. The third-order valence-corrected chi connectivity index (χ3v) is 1.65. The molecule has 0 aromatic carbocycles. The third-order valence-electron chi connectivity index (χ3n) is 1.65. The summed E-state index contributed by atoms with van der Waals surface area (Å²) >= 11 is 0. The van der Waals surface area contributed by atoms with Crippen LogP contribution in [-0.2, 0) is 14.4 Å². The van der Waals surface area contributed by atoms with E-state index < -0.39 is 17.7 Å². The molecule has 1 atom stereocenters. The van der Waals surface area contributed by atoms with Crippen LogP contribution < -0.4 is 5.48 Å². The summed E-state index contributed by atoms with van der Waals surface area (Å²) in [6.07, 6.45) is -0.103. The van der Waals surface area contributed by atoms with Crippen LogP contribution in [-0.4, -0.2) is 17.7 Å². The number of rotatable bonds is 2. The van der Waals surface area contributed by atoms with Gasteiger partial charge in [-0.2, -0.15) is 0 Å². The molecule has 0 heterocycles. The monoisotopic (exact) mass is 217 g/mol. The molecule has 5 heteroatoms. The highest BCUT2D eigenvalue weighted by Gasteiger charge is 2.18. The molecule has 0 spiro atoms. The van der Waals surface area contributed by atoms with Gasteiger partial charge in [-0.1, -0.05) is 13.8 Å². The van der Waals surface area contributed by atoms with Gasteiger partial charge < -0.3 is 9.57 Å². The molecule has 0 aromatic heterocycles. The smallest absolute Gasteiger partial charge is 0.441 e. The lowest BCUT2D eigenvalue weighted by atomic mass is 10.1. The summed E-state index contributed by atoms with van der Waals surface area (Å²) in [5.74, 6) is -0.705. The van der Waals surface area contributed by atoms with E-state index in [0.717, 1.165) is 0 Å². The van der Waals surface area contributed by atoms with Crippen LogP contribution >= 0.6 is 0 Å². The number of hydrogen-bond donors (Lipinski definition) is 1. The summed E-state index contributed by atoms with van der Waals surface area (Å²) in [4.78, 5) is 26.8. The summed E-state index contributed by atoms with van der Waals surface area (Å²) in [6.45, 7) is 8.76. The number of hydrogen-bond acceptors (Lipinski definition) is 4. The zero-order chi connectivity index (χ0) is 12.1. The summed E-state index contributed by atoms with van der Waals surface area (Å²) in [7, 11) is 0. The number of nitrogens with one attached hydrogen (secondary N) is 1. The Kier molecular flexibility index (Phi) is 5.11. The number of carbonyl (C=O) groups is 2. The lowest BCUT2D eigenvalue weighted by molar-refractivity contribution is -0.155. The van der Waals surface area contributed by atoms with Crippen LogP contribution in [0.5, 0.6) is 0 Å². The van der Waals surface area contributed by atoms with Crippen molar-refractivity contribution in [3.63, 3.8) is 0 Å². The van der Waals surface area contributed by atoms with Gasteiger partial charge in [0, 0.05) is 0 Å². The van der Waals surface area contributed by atoms with E-state index in [0.29, 0.717) is 6.42 Å². The van der Waals surface area contributed by atoms with E-state index in [2.05, 4.69) is 4.84 Å². The fraction of sp³-hybridized carbons (Fsp3) is 0.800. The number of ether oxygens (including phenoxy) is 1. The molecule has 0 radical (unpaired) electrons. The maximum atomic E-state index is 11.2. The van der Waals surface area contributed by atoms with E-state index in [1.54, 1.807) is 27.7 Å². The maximum Gasteiger partial charge on any atom is 0.441 e. The molecule has 0 aromatic rings. The molecular weight excluding hydrogens is 198 g/mol. The fourth-order valence-electron chi connectivity index (χ4n) is 0.658. The minimum absolute atomic E-state index is 0.236. The second-order valence-electron chi connectivity index (χ2n) is 4.33. The average molecular weight is 217 g/mol. The Labute approximate surface area is 90.1 Å². The van der Waals surface area contributed by atoms with Gasteiger partial charge in [0.2, 0.25) is 0 Å². The molecule has 1 amide bonds. The predicted molar refractivity (Wildman–Crippen MR) is 54.9 cm³/mol. The van der Waals surface area contributed by atoms with Crippen molar-refractivity contribution in [3.05, 3.63) is 0 Å². The molecule has 0 saturated heterocycles. The predicted octanol–water partition coefficient (Wildman–Crippen LogP) is 2.02. The normalized spacial score (nSPS) is 12.9. The summed E-state index contributed by atoms with van der Waals surface area (Å²) < 4.78 is 4.87. The van der Waals surface area contributed by atoms with Crippen molar-refractivity contribution in [2.24, 2.45) is 5.92 Å². The Morgan fingerprint density at radius 1 is 1.33 bits per heavy atom. The first kappa shape index (κ1) is 13.7. The van der Waals surface area contributed by atoms with Gasteiger partial charge in [-0.05, 0) is 27.2 Å². The standard InChI is InChI=1S/C10H19NO4/c1-6-7(2)8(12)15-11-9(13)14-10(3,4)5/h7H,6H2,1-5H3,(H,11,13). The highest BCUT2D eigenvalue weighted by Crippen LogP contribution is 2.07. The Hall–Kier alpha value is -1.26. The van der Waals surface area contributed by atoms with Crippen molar-refractivity contribution >= 4 is 12.1 Å². The topological polar surface area (TPSA) is 64.6 Å². The molecule has 0 aliphatic carbocycles. The molecule has 0 aliphatic rings. The molecular formula is C10H19NO4. The van der Waals surface area contributed by atoms with Crippen LogP contribution in [0.1, 0.15) is 41.0 Å². The van der Waals surface area contributed by atoms with Crippen molar-refractivity contribution in [1.82, 2.24) is 5.48 Å². The van der Waals surface area contributed by atoms with Crippen molar-refractivity contribution in [3.8, 4) is 0 Å². The highest BCUT2D eigenvalue weighted by atomic mass is 16.7. The zero-order valence-corrected chi connectivity index (χ0v) is 9.92. The van der Waals surface area contributed by atoms with Crippen molar-refractivity contribution in [1.29, 1.82) is 0 Å². The van der Waals surface area contributed by atoms with Gasteiger partial charge in [-0.3, -0.25) is 0 Å². The van der Waals surface area contributed by atoms with Crippen LogP contribution in [0.2, 0.25) is 0 Å². The van der Waals surface area contributed by atoms with Crippen LogP contribution in [0.25, 0.3) is 0 Å². The molecule has 0 rings (SSSR count). The van der Waals surface area contributed by atoms with Crippen LogP contribution in [0.4, 0.5) is 4.79 Å². The molecule has 0 bridgehead atoms. The van der Waals surface area contributed by atoms with Crippen LogP contribution in [0.3, 0.4) is 0 Å². The van der Waals surface area contributed by atoms with E-state index in [1.807, 2.05) is 12.4 Å². The van der Waals surface area contributed by atoms with Crippen molar-refractivity contribution in [2.45, 2.75) is 46.6 Å². The zero-order valence-electron chi connectivity index (χ0n) is 9.92. The second-order valence-corrected chi connectivity index (χ2v) is 4.33. The van der Waals surface area contributed by atoms with Crippen LogP contribution in [0, 0.1) is 5.92 Å². The largest absolute Gasteiger partial charge is 0.442 e. The van der Waals surface area contributed by atoms with E-state index in [1.165, 1.54) is 0 Å². The van der Waals surface area contributed by atoms with Gasteiger partial charge in [0.25, 0.3) is 0 Å². The van der Waals surface area contributed by atoms with E-state index >= 15 is 0 Å². The maximum absolute atomic E-state index is 11.2. The average Bonchev–Trinajstić information content (AvgIpc) is 2.10. The first-order valence-corrected chi connectivity index (χ1v) is 4.96. The number of hydroxylamine groups is 1. The SMILES string of the molecule is CCC(C)C(=O)ONC(=O)OC(C)(C)C. The lowest BCUT2D eigenvalue weighted by Crippen LogP contribution is -2.35. The second kappa shape index (κ2) is 5.58. The molecule has 15 heavy (non-hydrogen) atoms. The molecule has 0 aliphatic heterocycles. The third kappa shape index (κ3) is 6.76. The van der Waals surface area contributed by atoms with Gasteiger partial charge >= 0.3 is 12.1 Å². The van der Waals surface area contributed by atoms with Gasteiger partial charge in [0.1, 0.15) is 5.60 Å². The Balaban J connectivity index is 3.87. The van der Waals surface area contributed by atoms with Gasteiger partial charge in [-0.15, -0.1) is 5.48 Å². The quantitative estimate of drug-likeness (QED) is 0.718. The van der Waals surface area contributed by atoms with Crippen molar-refractivity contribution in [2.75, 3.05) is 0 Å². The Morgan fingerprint density at radius 2 is 1.87 bits per heavy atom. The molecule has 88 valence electrons. The highest BCUT2D eigenvalue weighted by molar-refractivity contribution is 5.74. The summed E-state index contributed by atoms with van der Waals surface area (Å²) in [5, 5.41) is 0. The van der Waals surface area contributed by atoms with E-state index in [-0.39, 0.29) is 5.92 Å². The molecule has 1 unspecified atom stereocenters. The van der Waals surface area contributed by atoms with Crippen molar-refractivity contribution < 1.29 is 19.2 Å². The summed E-state index contributed by atoms with van der Waals surface area (Å²) in [6, 6.07) is 0. The first-order chi connectivity index (χ1) is 6.76. The van der Waals surface area contributed by atoms with E-state index in [9.17, 15) is 9.59 Å². The number of carbonyl (C=O) groups excluding carboxylic acids is 2. The Bertz CT molecular complexity index is 232. The molecule has 5 nitrogen and oxygen atoms in total. The minimum Gasteiger partial charge on any atom is -0.442 e. The molecule has 1 N–H and O–H groups in total.